The lowest BCUT2D eigenvalue weighted by Crippen LogP contribution is -2.38. The van der Waals surface area contributed by atoms with Gasteiger partial charge in [0.2, 0.25) is 5.95 Å². The maximum absolute atomic E-state index is 4.97. The topological polar surface area (TPSA) is 44.3 Å². The Kier molecular flexibility index (Phi) is 6.38. The van der Waals surface area contributed by atoms with Gasteiger partial charge in [-0.3, -0.25) is 0 Å². The highest BCUT2D eigenvalue weighted by molar-refractivity contribution is 5.70. The van der Waals surface area contributed by atoms with Crippen molar-refractivity contribution >= 4 is 29.2 Å². The molecule has 1 aromatic carbocycles. The minimum atomic E-state index is 0.593. The number of hydrogen-bond donors (Lipinski definition) is 1. The lowest BCUT2D eigenvalue weighted by atomic mass is 9.95. The van der Waals surface area contributed by atoms with Gasteiger partial charge in [0.25, 0.3) is 0 Å². The highest BCUT2D eigenvalue weighted by atomic mass is 15.3. The van der Waals surface area contributed by atoms with E-state index in [0.29, 0.717) is 12.0 Å². The molecule has 1 saturated heterocycles. The summed E-state index contributed by atoms with van der Waals surface area (Å²) in [5, 5.41) is 3.44. The Morgan fingerprint density at radius 1 is 0.839 bits per heavy atom. The van der Waals surface area contributed by atoms with Crippen LogP contribution >= 0.6 is 0 Å². The van der Waals surface area contributed by atoms with E-state index < -0.39 is 0 Å². The molecule has 0 spiro atoms. The van der Waals surface area contributed by atoms with Crippen LogP contribution in [0, 0.1) is 0 Å². The van der Waals surface area contributed by atoms with Gasteiger partial charge in [0.1, 0.15) is 5.82 Å². The molecule has 0 unspecified atom stereocenters. The van der Waals surface area contributed by atoms with Crippen molar-refractivity contribution in [1.82, 2.24) is 9.97 Å². The van der Waals surface area contributed by atoms with Gasteiger partial charge in [0.05, 0.1) is 0 Å². The van der Waals surface area contributed by atoms with Crippen LogP contribution in [0.15, 0.2) is 36.5 Å². The van der Waals surface area contributed by atoms with E-state index in [0.717, 1.165) is 23.6 Å². The van der Waals surface area contributed by atoms with Crippen molar-refractivity contribution in [3.8, 4) is 0 Å². The van der Waals surface area contributed by atoms with Crippen LogP contribution in [0.1, 0.15) is 69.8 Å². The normalized spacial score (nSPS) is 20.1. The number of fused-ring (bicyclic) bond motifs is 1. The van der Waals surface area contributed by atoms with Crippen LogP contribution in [0.4, 0.5) is 23.1 Å². The number of hydrogen-bond acceptors (Lipinski definition) is 5. The van der Waals surface area contributed by atoms with Gasteiger partial charge in [-0.1, -0.05) is 44.3 Å². The van der Waals surface area contributed by atoms with Crippen molar-refractivity contribution < 1.29 is 0 Å². The van der Waals surface area contributed by atoms with Crippen LogP contribution in [-0.4, -0.2) is 35.6 Å². The monoisotopic (exact) mass is 417 g/mol. The van der Waals surface area contributed by atoms with E-state index in [1.54, 1.807) is 0 Å². The van der Waals surface area contributed by atoms with E-state index in [-0.39, 0.29) is 0 Å². The van der Waals surface area contributed by atoms with Crippen molar-refractivity contribution in [1.29, 1.82) is 0 Å². The third-order valence-electron chi connectivity index (χ3n) is 7.03. The van der Waals surface area contributed by atoms with E-state index >= 15 is 0 Å². The highest BCUT2D eigenvalue weighted by Crippen LogP contribution is 2.31. The predicted molar refractivity (Wildman–Crippen MR) is 130 cm³/mol. The van der Waals surface area contributed by atoms with Gasteiger partial charge in [-0.05, 0) is 56.4 Å². The van der Waals surface area contributed by atoms with E-state index in [4.69, 9.17) is 4.98 Å². The molecule has 0 atom stereocenters. The first-order valence-corrected chi connectivity index (χ1v) is 12.3. The lowest BCUT2D eigenvalue weighted by Gasteiger charge is -2.36. The minimum Gasteiger partial charge on any atom is -0.372 e. The summed E-state index contributed by atoms with van der Waals surface area (Å²) < 4.78 is 0. The molecular weight excluding hydrogens is 382 g/mol. The largest absolute Gasteiger partial charge is 0.372 e. The lowest BCUT2D eigenvalue weighted by molar-refractivity contribution is 0.433. The maximum Gasteiger partial charge on any atom is 0.229 e. The zero-order valence-electron chi connectivity index (χ0n) is 18.6. The zero-order chi connectivity index (χ0) is 20.9. The van der Waals surface area contributed by atoms with E-state index in [9.17, 15) is 0 Å². The SMILES string of the molecule is C1=Cc2cnc(Nc3ccc(N4CCCCC4)cc3)nc2N(C2CCCCCCC2)C1. The average molecular weight is 418 g/mol. The summed E-state index contributed by atoms with van der Waals surface area (Å²) >= 11 is 0. The number of rotatable bonds is 4. The van der Waals surface area contributed by atoms with Crippen LogP contribution in [0.25, 0.3) is 6.08 Å². The number of nitrogens with one attached hydrogen (secondary N) is 1. The summed E-state index contributed by atoms with van der Waals surface area (Å²) in [4.78, 5) is 14.6. The Morgan fingerprint density at radius 3 is 2.32 bits per heavy atom. The van der Waals surface area contributed by atoms with Gasteiger partial charge in [0.15, 0.2) is 0 Å². The molecule has 2 aliphatic heterocycles. The molecule has 5 rings (SSSR count). The second-order valence-electron chi connectivity index (χ2n) is 9.25. The van der Waals surface area contributed by atoms with Crippen LogP contribution in [-0.2, 0) is 0 Å². The number of nitrogens with zero attached hydrogens (tertiary/aromatic N) is 4. The second kappa shape index (κ2) is 9.71. The Labute approximate surface area is 186 Å². The molecule has 0 amide bonds. The molecular formula is C26H35N5. The quantitative estimate of drug-likeness (QED) is 0.646. The summed E-state index contributed by atoms with van der Waals surface area (Å²) in [6.45, 7) is 3.30. The summed E-state index contributed by atoms with van der Waals surface area (Å²) in [6, 6.07) is 9.33. The van der Waals surface area contributed by atoms with Crippen LogP contribution in [0.3, 0.4) is 0 Å². The summed E-state index contributed by atoms with van der Waals surface area (Å²) in [5.41, 5.74) is 3.50. The van der Waals surface area contributed by atoms with E-state index in [1.807, 2.05) is 6.20 Å². The van der Waals surface area contributed by atoms with E-state index in [2.05, 4.69) is 56.5 Å². The number of aromatic nitrogens is 2. The van der Waals surface area contributed by atoms with Crippen LogP contribution in [0.5, 0.6) is 0 Å². The van der Waals surface area contributed by atoms with Crippen molar-refractivity contribution in [3.63, 3.8) is 0 Å². The van der Waals surface area contributed by atoms with Crippen LogP contribution in [0.2, 0.25) is 0 Å². The Morgan fingerprint density at radius 2 is 1.55 bits per heavy atom. The van der Waals surface area contributed by atoms with Gasteiger partial charge in [-0.15, -0.1) is 0 Å². The van der Waals surface area contributed by atoms with Gasteiger partial charge in [0, 0.05) is 48.8 Å². The first kappa shape index (κ1) is 20.3. The van der Waals surface area contributed by atoms with Gasteiger partial charge >= 0.3 is 0 Å². The number of anilines is 4. The second-order valence-corrected chi connectivity index (χ2v) is 9.25. The molecule has 3 aliphatic rings. The Bertz CT molecular complexity index is 877. The van der Waals surface area contributed by atoms with Crippen LogP contribution < -0.4 is 15.1 Å². The fraction of sp³-hybridized carbons (Fsp3) is 0.538. The molecule has 2 fully saturated rings. The average Bonchev–Trinajstić information content (AvgIpc) is 2.80. The molecule has 164 valence electrons. The van der Waals surface area contributed by atoms with Crippen molar-refractivity contribution in [3.05, 3.63) is 42.1 Å². The maximum atomic E-state index is 4.97. The number of piperidine rings is 1. The van der Waals surface area contributed by atoms with Crippen molar-refractivity contribution in [2.75, 3.05) is 34.8 Å². The van der Waals surface area contributed by atoms with Gasteiger partial charge in [-0.2, -0.15) is 4.98 Å². The molecule has 5 heteroatoms. The molecule has 3 heterocycles. The summed E-state index contributed by atoms with van der Waals surface area (Å²) in [6.07, 6.45) is 19.7. The van der Waals surface area contributed by atoms with Gasteiger partial charge < -0.3 is 15.1 Å². The molecule has 31 heavy (non-hydrogen) atoms. The smallest absolute Gasteiger partial charge is 0.229 e. The fourth-order valence-electron chi connectivity index (χ4n) is 5.27. The van der Waals surface area contributed by atoms with Crippen molar-refractivity contribution in [2.24, 2.45) is 0 Å². The molecule has 1 N–H and O–H groups in total. The van der Waals surface area contributed by atoms with Gasteiger partial charge in [-0.25, -0.2) is 4.98 Å². The Balaban J connectivity index is 1.31. The minimum absolute atomic E-state index is 0.593. The predicted octanol–water partition coefficient (Wildman–Crippen LogP) is 6.16. The third-order valence-corrected chi connectivity index (χ3v) is 7.03. The van der Waals surface area contributed by atoms with E-state index in [1.165, 1.54) is 83.0 Å². The highest BCUT2D eigenvalue weighted by Gasteiger charge is 2.24. The number of benzene rings is 1. The molecule has 0 bridgehead atoms. The fourth-order valence-corrected chi connectivity index (χ4v) is 5.27. The molecule has 1 aliphatic carbocycles. The molecule has 1 saturated carbocycles. The molecule has 2 aromatic rings. The molecule has 1 aromatic heterocycles. The standard InChI is InChI=1S/C26H35N5/c1-2-5-11-24(12-6-3-1)31-19-9-10-21-20-27-26(29-25(21)31)28-22-13-15-23(16-14-22)30-17-7-4-8-18-30/h9-10,13-16,20,24H,1-8,11-12,17-19H2,(H,27,28,29). The first-order valence-electron chi connectivity index (χ1n) is 12.3. The third kappa shape index (κ3) is 4.86. The Hall–Kier alpha value is -2.56. The first-order chi connectivity index (χ1) is 15.4. The molecule has 5 nitrogen and oxygen atoms in total. The summed E-state index contributed by atoms with van der Waals surface area (Å²) in [7, 11) is 0. The van der Waals surface area contributed by atoms with Crippen molar-refractivity contribution in [2.45, 2.75) is 70.3 Å². The molecule has 0 radical (unpaired) electrons. The zero-order valence-corrected chi connectivity index (χ0v) is 18.6. The summed E-state index contributed by atoms with van der Waals surface area (Å²) in [5.74, 6) is 1.78.